The van der Waals surface area contributed by atoms with Crippen LogP contribution >= 0.6 is 0 Å². The lowest BCUT2D eigenvalue weighted by atomic mass is 10.1. The molecule has 10 heteroatoms. The molecule has 1 aromatic heterocycles. The molecule has 0 saturated heterocycles. The van der Waals surface area contributed by atoms with E-state index >= 15 is 0 Å². The molecule has 0 aliphatic carbocycles. The van der Waals surface area contributed by atoms with Crippen molar-refractivity contribution in [2.45, 2.75) is 46.3 Å². The van der Waals surface area contributed by atoms with Gasteiger partial charge in [-0.25, -0.2) is 4.79 Å². The van der Waals surface area contributed by atoms with Crippen molar-refractivity contribution >= 4 is 5.97 Å². The van der Waals surface area contributed by atoms with Gasteiger partial charge in [0.2, 0.25) is 0 Å². The Balaban J connectivity index is 1.72. The third-order valence-corrected chi connectivity index (χ3v) is 5.30. The second kappa shape index (κ2) is 9.28. The van der Waals surface area contributed by atoms with Crippen LogP contribution in [0.2, 0.25) is 0 Å². The molecule has 2 aromatic carbocycles. The summed E-state index contributed by atoms with van der Waals surface area (Å²) in [6, 6.07) is 10.6. The maximum atomic E-state index is 12.3. The van der Waals surface area contributed by atoms with Crippen molar-refractivity contribution < 1.29 is 37.3 Å². The number of nitrogens with zero attached hydrogens (tertiary/aromatic N) is 2. The molecule has 0 aliphatic heterocycles. The van der Waals surface area contributed by atoms with Gasteiger partial charge in [0.1, 0.15) is 23.9 Å². The Labute approximate surface area is 194 Å². The molecule has 0 fully saturated rings. The Kier molecular flexibility index (Phi) is 6.81. The number of hydrogen-bond acceptors (Lipinski definition) is 5. The number of aromatic nitrogens is 2. The molecule has 0 aliphatic rings. The molecule has 1 heterocycles. The Morgan fingerprint density at radius 1 is 1.00 bits per heavy atom. The summed E-state index contributed by atoms with van der Waals surface area (Å²) in [4.78, 5) is 11.3. The molecular weight excluding hydrogens is 453 g/mol. The third-order valence-electron chi connectivity index (χ3n) is 5.30. The van der Waals surface area contributed by atoms with Gasteiger partial charge in [-0.15, -0.1) is 13.2 Å². The lowest BCUT2D eigenvalue weighted by Gasteiger charge is -2.24. The number of carboxylic acids is 1. The molecule has 7 nitrogen and oxygen atoms in total. The number of rotatable bonds is 8. The van der Waals surface area contributed by atoms with E-state index in [0.717, 1.165) is 16.8 Å². The summed E-state index contributed by atoms with van der Waals surface area (Å²) < 4.78 is 54.2. The number of hydrogen-bond donors (Lipinski definition) is 1. The van der Waals surface area contributed by atoms with E-state index < -0.39 is 17.9 Å². The molecule has 3 rings (SSSR count). The predicted molar refractivity (Wildman–Crippen MR) is 118 cm³/mol. The zero-order valence-electron chi connectivity index (χ0n) is 19.4. The molecule has 0 spiro atoms. The molecule has 3 aromatic rings. The van der Waals surface area contributed by atoms with E-state index in [9.17, 15) is 23.1 Å². The smallest absolute Gasteiger partial charge is 0.487 e. The Morgan fingerprint density at radius 3 is 2.18 bits per heavy atom. The highest BCUT2D eigenvalue weighted by Crippen LogP contribution is 2.32. The highest BCUT2D eigenvalue weighted by molar-refractivity contribution is 5.77. The maximum Gasteiger partial charge on any atom is 0.573 e. The number of benzene rings is 2. The number of alkyl halides is 3. The molecule has 34 heavy (non-hydrogen) atoms. The highest BCUT2D eigenvalue weighted by atomic mass is 19.4. The summed E-state index contributed by atoms with van der Waals surface area (Å²) in [7, 11) is 1.74. The van der Waals surface area contributed by atoms with Crippen molar-refractivity contribution in [3.05, 3.63) is 59.3 Å². The zero-order chi connectivity index (χ0) is 25.3. The second-order valence-corrected chi connectivity index (χ2v) is 8.23. The molecule has 0 saturated carbocycles. The quantitative estimate of drug-likeness (QED) is 0.465. The van der Waals surface area contributed by atoms with E-state index in [0.29, 0.717) is 22.8 Å². The fraction of sp³-hybridized carbons (Fsp3) is 0.333. The average Bonchev–Trinajstić information content (AvgIpc) is 3.10. The van der Waals surface area contributed by atoms with E-state index in [1.165, 1.54) is 38.1 Å². The molecule has 0 radical (unpaired) electrons. The molecule has 1 N–H and O–H groups in total. The van der Waals surface area contributed by atoms with E-state index in [4.69, 9.17) is 9.47 Å². The summed E-state index contributed by atoms with van der Waals surface area (Å²) in [5.74, 6) is -0.312. The first-order valence-corrected chi connectivity index (χ1v) is 10.3. The Bertz CT molecular complexity index is 1180. The van der Waals surface area contributed by atoms with Crippen LogP contribution in [-0.2, 0) is 18.4 Å². The minimum atomic E-state index is -4.75. The van der Waals surface area contributed by atoms with Crippen LogP contribution in [0.25, 0.3) is 11.3 Å². The average molecular weight is 478 g/mol. The van der Waals surface area contributed by atoms with Gasteiger partial charge in [-0.2, -0.15) is 5.10 Å². The fourth-order valence-electron chi connectivity index (χ4n) is 3.12. The van der Waals surface area contributed by atoms with Crippen molar-refractivity contribution in [3.8, 4) is 28.5 Å². The first kappa shape index (κ1) is 24.9. The molecule has 0 atom stereocenters. The fourth-order valence-corrected chi connectivity index (χ4v) is 3.12. The van der Waals surface area contributed by atoms with Crippen LogP contribution in [-0.4, -0.2) is 32.8 Å². The van der Waals surface area contributed by atoms with E-state index in [-0.39, 0.29) is 12.4 Å². The van der Waals surface area contributed by atoms with Gasteiger partial charge in [0.25, 0.3) is 0 Å². The largest absolute Gasteiger partial charge is 0.573 e. The predicted octanol–water partition coefficient (Wildman–Crippen LogP) is 5.42. The topological polar surface area (TPSA) is 82.8 Å². The molecule has 0 amide bonds. The van der Waals surface area contributed by atoms with E-state index in [2.05, 4.69) is 9.84 Å². The SMILES string of the molecule is Cc1c(OCc2cc(-c3ccc(OC(F)(F)F)cc3)nn2C)ccc(OC(C)(C)C(=O)O)c1C. The van der Waals surface area contributed by atoms with Crippen molar-refractivity contribution in [3.63, 3.8) is 0 Å². The molecule has 182 valence electrons. The maximum absolute atomic E-state index is 12.3. The number of aryl methyl sites for hydroxylation is 1. The van der Waals surface area contributed by atoms with Gasteiger partial charge in [-0.1, -0.05) is 0 Å². The van der Waals surface area contributed by atoms with Crippen LogP contribution < -0.4 is 14.2 Å². The standard InChI is InChI=1S/C24H25F3N2O5/c1-14-15(2)21(34-23(3,4)22(30)31)11-10-20(14)32-13-17-12-19(28-29(17)5)16-6-8-18(9-7-16)33-24(25,26)27/h6-12H,13H2,1-5H3,(H,30,31). The second-order valence-electron chi connectivity index (χ2n) is 8.23. The zero-order valence-corrected chi connectivity index (χ0v) is 19.4. The van der Waals surface area contributed by atoms with Crippen LogP contribution in [0.1, 0.15) is 30.7 Å². The van der Waals surface area contributed by atoms with Gasteiger partial charge < -0.3 is 19.3 Å². The summed E-state index contributed by atoms with van der Waals surface area (Å²) in [5, 5.41) is 13.7. The van der Waals surface area contributed by atoms with Crippen LogP contribution in [0.4, 0.5) is 13.2 Å². The van der Waals surface area contributed by atoms with Gasteiger partial charge in [-0.3, -0.25) is 4.68 Å². The van der Waals surface area contributed by atoms with Gasteiger partial charge in [0.05, 0.1) is 11.4 Å². The summed E-state index contributed by atoms with van der Waals surface area (Å²) in [6.07, 6.45) is -4.75. The van der Waals surface area contributed by atoms with Crippen LogP contribution in [0.15, 0.2) is 42.5 Å². The summed E-state index contributed by atoms with van der Waals surface area (Å²) in [6.45, 7) is 6.82. The lowest BCUT2D eigenvalue weighted by molar-refractivity contribution is -0.274. The van der Waals surface area contributed by atoms with Gasteiger partial charge >= 0.3 is 12.3 Å². The van der Waals surface area contributed by atoms with Crippen LogP contribution in [0.3, 0.4) is 0 Å². The van der Waals surface area contributed by atoms with Gasteiger partial charge in [0, 0.05) is 12.6 Å². The van der Waals surface area contributed by atoms with Crippen molar-refractivity contribution in [2.75, 3.05) is 0 Å². The van der Waals surface area contributed by atoms with E-state index in [1.807, 2.05) is 13.8 Å². The number of carbonyl (C=O) groups is 1. The summed E-state index contributed by atoms with van der Waals surface area (Å²) in [5.41, 5.74) is 2.15. The van der Waals surface area contributed by atoms with Gasteiger partial charge in [-0.05, 0) is 81.3 Å². The number of ether oxygens (including phenoxy) is 3. The first-order valence-electron chi connectivity index (χ1n) is 10.3. The Hall–Kier alpha value is -3.69. The van der Waals surface area contributed by atoms with Crippen molar-refractivity contribution in [1.29, 1.82) is 0 Å². The monoisotopic (exact) mass is 478 g/mol. The van der Waals surface area contributed by atoms with E-state index in [1.54, 1.807) is 29.9 Å². The molecule has 0 unspecified atom stereocenters. The number of halogens is 3. The molecular formula is C24H25F3N2O5. The number of aliphatic carboxylic acids is 1. The highest BCUT2D eigenvalue weighted by Gasteiger charge is 2.31. The summed E-state index contributed by atoms with van der Waals surface area (Å²) >= 11 is 0. The Morgan fingerprint density at radius 2 is 1.59 bits per heavy atom. The van der Waals surface area contributed by atoms with Crippen LogP contribution in [0.5, 0.6) is 17.2 Å². The minimum Gasteiger partial charge on any atom is -0.487 e. The first-order chi connectivity index (χ1) is 15.8. The molecule has 0 bridgehead atoms. The normalized spacial score (nSPS) is 11.9. The lowest BCUT2D eigenvalue weighted by Crippen LogP contribution is -2.38. The third kappa shape index (κ3) is 5.81. The van der Waals surface area contributed by atoms with Crippen molar-refractivity contribution in [1.82, 2.24) is 9.78 Å². The number of carboxylic acid groups (broad SMARTS) is 1. The van der Waals surface area contributed by atoms with Gasteiger partial charge in [0.15, 0.2) is 5.60 Å². The van der Waals surface area contributed by atoms with Crippen LogP contribution in [0, 0.1) is 13.8 Å². The minimum absolute atomic E-state index is 0.194. The van der Waals surface area contributed by atoms with Crippen molar-refractivity contribution in [2.24, 2.45) is 7.05 Å².